The topological polar surface area (TPSA) is 73.2 Å². The van der Waals surface area contributed by atoms with Crippen molar-refractivity contribution in [3.05, 3.63) is 35.9 Å². The zero-order valence-corrected chi connectivity index (χ0v) is 10.5. The Kier molecular flexibility index (Phi) is 3.96. The van der Waals surface area contributed by atoms with Crippen LogP contribution in [-0.2, 0) is 9.47 Å². The lowest BCUT2D eigenvalue weighted by Crippen LogP contribution is -2.09. The summed E-state index contributed by atoms with van der Waals surface area (Å²) < 4.78 is 10.6. The van der Waals surface area contributed by atoms with Crippen molar-refractivity contribution in [2.45, 2.75) is 6.10 Å². The number of aromatic nitrogens is 2. The molecule has 5 heteroatoms. The molecular formula is C13H17N3O2. The molecule has 0 spiro atoms. The minimum absolute atomic E-state index is 0.115. The summed E-state index contributed by atoms with van der Waals surface area (Å²) in [6.45, 7) is 0.497. The second-order valence-corrected chi connectivity index (χ2v) is 3.97. The van der Waals surface area contributed by atoms with Crippen molar-refractivity contribution in [2.24, 2.45) is 0 Å². The number of methoxy groups -OCH3 is 2. The van der Waals surface area contributed by atoms with Crippen LogP contribution >= 0.6 is 0 Å². The molecule has 1 atom stereocenters. The molecule has 1 unspecified atom stereocenters. The first-order valence-electron chi connectivity index (χ1n) is 5.68. The van der Waals surface area contributed by atoms with Gasteiger partial charge < -0.3 is 15.2 Å². The molecule has 0 saturated carbocycles. The Bertz CT molecular complexity index is 510. The first-order valence-corrected chi connectivity index (χ1v) is 5.68. The number of anilines is 1. The molecule has 0 radical (unpaired) electrons. The number of hydrogen-bond donors (Lipinski definition) is 2. The highest BCUT2D eigenvalue weighted by Crippen LogP contribution is 2.29. The Morgan fingerprint density at radius 3 is 2.72 bits per heavy atom. The van der Waals surface area contributed by atoms with Crippen molar-refractivity contribution in [3.63, 3.8) is 0 Å². The maximum Gasteiger partial charge on any atom is 0.145 e. The molecule has 18 heavy (non-hydrogen) atoms. The monoisotopic (exact) mass is 247 g/mol. The first-order chi connectivity index (χ1) is 8.76. The fourth-order valence-electron chi connectivity index (χ4n) is 1.93. The average Bonchev–Trinajstić information content (AvgIpc) is 2.82. The highest BCUT2D eigenvalue weighted by atomic mass is 16.5. The van der Waals surface area contributed by atoms with Crippen molar-refractivity contribution in [2.75, 3.05) is 26.6 Å². The van der Waals surface area contributed by atoms with Crippen LogP contribution in [0.25, 0.3) is 11.3 Å². The highest BCUT2D eigenvalue weighted by Gasteiger charge is 2.16. The Hall–Kier alpha value is -1.85. The van der Waals surface area contributed by atoms with Gasteiger partial charge in [-0.2, -0.15) is 5.10 Å². The largest absolute Gasteiger partial charge is 0.382 e. The van der Waals surface area contributed by atoms with E-state index in [2.05, 4.69) is 10.2 Å². The van der Waals surface area contributed by atoms with Crippen molar-refractivity contribution in [1.82, 2.24) is 10.2 Å². The predicted octanol–water partition coefficient (Wildman–Crippen LogP) is 1.99. The Morgan fingerprint density at radius 1 is 1.33 bits per heavy atom. The molecule has 2 aromatic rings. The molecule has 1 heterocycles. The van der Waals surface area contributed by atoms with Gasteiger partial charge in [0.25, 0.3) is 0 Å². The van der Waals surface area contributed by atoms with Crippen molar-refractivity contribution in [1.29, 1.82) is 0 Å². The number of nitrogens with zero attached hydrogens (tertiary/aromatic N) is 1. The van der Waals surface area contributed by atoms with Crippen LogP contribution in [0.4, 0.5) is 5.82 Å². The molecule has 0 saturated heterocycles. The third-order valence-corrected chi connectivity index (χ3v) is 2.80. The Labute approximate surface area is 106 Å². The Balaban J connectivity index is 2.41. The van der Waals surface area contributed by atoms with Crippen molar-refractivity contribution >= 4 is 5.82 Å². The Morgan fingerprint density at radius 2 is 2.11 bits per heavy atom. The minimum atomic E-state index is -0.115. The van der Waals surface area contributed by atoms with Crippen LogP contribution in [0.5, 0.6) is 0 Å². The molecule has 0 aliphatic heterocycles. The second-order valence-electron chi connectivity index (χ2n) is 3.97. The summed E-state index contributed by atoms with van der Waals surface area (Å²) in [4.78, 5) is 0. The van der Waals surface area contributed by atoms with Crippen LogP contribution in [0.2, 0.25) is 0 Å². The SMILES string of the molecule is COCC(OC)c1ccccc1-c1cc(N)n[nH]1. The molecule has 3 N–H and O–H groups in total. The molecule has 0 bridgehead atoms. The van der Waals surface area contributed by atoms with Gasteiger partial charge in [0.15, 0.2) is 0 Å². The molecule has 1 aromatic carbocycles. The molecule has 0 aliphatic rings. The maximum absolute atomic E-state index is 5.63. The third kappa shape index (κ3) is 2.52. The third-order valence-electron chi connectivity index (χ3n) is 2.80. The van der Waals surface area contributed by atoms with E-state index in [-0.39, 0.29) is 6.10 Å². The zero-order valence-electron chi connectivity index (χ0n) is 10.5. The van der Waals surface area contributed by atoms with E-state index in [0.717, 1.165) is 16.8 Å². The number of rotatable bonds is 5. The molecule has 2 rings (SSSR count). The number of nitrogens with two attached hydrogens (primary N) is 1. The number of nitrogens with one attached hydrogen (secondary N) is 1. The number of nitrogen functional groups attached to an aromatic ring is 1. The number of hydrogen-bond acceptors (Lipinski definition) is 4. The number of aromatic amines is 1. The van der Waals surface area contributed by atoms with Crippen LogP contribution in [-0.4, -0.2) is 31.0 Å². The van der Waals surface area contributed by atoms with Gasteiger partial charge >= 0.3 is 0 Å². The van der Waals surface area contributed by atoms with Gasteiger partial charge in [0.05, 0.1) is 12.3 Å². The lowest BCUT2D eigenvalue weighted by molar-refractivity contribution is 0.0278. The van der Waals surface area contributed by atoms with E-state index in [1.807, 2.05) is 24.3 Å². The normalized spacial score (nSPS) is 12.6. The van der Waals surface area contributed by atoms with Gasteiger partial charge in [-0.3, -0.25) is 5.10 Å². The van der Waals surface area contributed by atoms with Gasteiger partial charge in [-0.05, 0) is 5.56 Å². The van der Waals surface area contributed by atoms with E-state index >= 15 is 0 Å². The van der Waals surface area contributed by atoms with Gasteiger partial charge in [-0.1, -0.05) is 24.3 Å². The van der Waals surface area contributed by atoms with Crippen LogP contribution in [0.3, 0.4) is 0 Å². The summed E-state index contributed by atoms with van der Waals surface area (Å²) in [6, 6.07) is 9.76. The summed E-state index contributed by atoms with van der Waals surface area (Å²) >= 11 is 0. The smallest absolute Gasteiger partial charge is 0.145 e. The van der Waals surface area contributed by atoms with Crippen LogP contribution < -0.4 is 5.73 Å². The molecule has 96 valence electrons. The molecule has 5 nitrogen and oxygen atoms in total. The van der Waals surface area contributed by atoms with E-state index in [1.165, 1.54) is 0 Å². The summed E-state index contributed by atoms with van der Waals surface area (Å²) in [7, 11) is 3.32. The quantitative estimate of drug-likeness (QED) is 0.847. The summed E-state index contributed by atoms with van der Waals surface area (Å²) in [5.74, 6) is 0.473. The van der Waals surface area contributed by atoms with E-state index in [4.69, 9.17) is 15.2 Å². The van der Waals surface area contributed by atoms with E-state index < -0.39 is 0 Å². The summed E-state index contributed by atoms with van der Waals surface area (Å²) in [6.07, 6.45) is -0.115. The molecule has 0 fully saturated rings. The van der Waals surface area contributed by atoms with Gasteiger partial charge in [0, 0.05) is 25.8 Å². The minimum Gasteiger partial charge on any atom is -0.382 e. The first kappa shape index (κ1) is 12.6. The van der Waals surface area contributed by atoms with E-state index in [1.54, 1.807) is 20.3 Å². The van der Waals surface area contributed by atoms with E-state index in [0.29, 0.717) is 12.4 Å². The fraction of sp³-hybridized carbons (Fsp3) is 0.308. The number of ether oxygens (including phenoxy) is 2. The van der Waals surface area contributed by atoms with E-state index in [9.17, 15) is 0 Å². The molecule has 0 amide bonds. The zero-order chi connectivity index (χ0) is 13.0. The van der Waals surface area contributed by atoms with Gasteiger partial charge in [-0.25, -0.2) is 0 Å². The van der Waals surface area contributed by atoms with Crippen molar-refractivity contribution in [3.8, 4) is 11.3 Å². The van der Waals surface area contributed by atoms with Gasteiger partial charge in [0.2, 0.25) is 0 Å². The highest BCUT2D eigenvalue weighted by molar-refractivity contribution is 5.66. The lowest BCUT2D eigenvalue weighted by atomic mass is 10.00. The van der Waals surface area contributed by atoms with Crippen LogP contribution in [0.15, 0.2) is 30.3 Å². The van der Waals surface area contributed by atoms with Crippen molar-refractivity contribution < 1.29 is 9.47 Å². The second kappa shape index (κ2) is 5.66. The lowest BCUT2D eigenvalue weighted by Gasteiger charge is -2.17. The summed E-state index contributed by atoms with van der Waals surface area (Å²) in [5, 5.41) is 6.86. The van der Waals surface area contributed by atoms with Crippen LogP contribution in [0.1, 0.15) is 11.7 Å². The number of benzene rings is 1. The number of H-pyrrole nitrogens is 1. The molecular weight excluding hydrogens is 230 g/mol. The predicted molar refractivity (Wildman–Crippen MR) is 70.1 cm³/mol. The standard InChI is InChI=1S/C13H17N3O2/c1-17-8-12(18-2)10-6-4-3-5-9(10)11-7-13(14)16-15-11/h3-7,12H,8H2,1-2H3,(H3,14,15,16). The van der Waals surface area contributed by atoms with Gasteiger partial charge in [-0.15, -0.1) is 0 Å². The molecule has 1 aromatic heterocycles. The average molecular weight is 247 g/mol. The van der Waals surface area contributed by atoms with Crippen LogP contribution in [0, 0.1) is 0 Å². The van der Waals surface area contributed by atoms with Gasteiger partial charge in [0.1, 0.15) is 11.9 Å². The fourth-order valence-corrected chi connectivity index (χ4v) is 1.93. The molecule has 0 aliphatic carbocycles. The maximum atomic E-state index is 5.63. The summed E-state index contributed by atoms with van der Waals surface area (Å²) in [5.41, 5.74) is 8.58.